The van der Waals surface area contributed by atoms with Gasteiger partial charge in [-0.3, -0.25) is 0 Å². The van der Waals surface area contributed by atoms with E-state index in [0.717, 1.165) is 22.9 Å². The highest BCUT2D eigenvalue weighted by molar-refractivity contribution is 5.69. The first kappa shape index (κ1) is 13.0. The van der Waals surface area contributed by atoms with Gasteiger partial charge in [-0.1, -0.05) is 24.3 Å². The average molecular weight is 277 g/mol. The van der Waals surface area contributed by atoms with Gasteiger partial charge in [-0.2, -0.15) is 0 Å². The van der Waals surface area contributed by atoms with E-state index < -0.39 is 0 Å². The van der Waals surface area contributed by atoms with Crippen molar-refractivity contribution >= 4 is 17.2 Å². The highest BCUT2D eigenvalue weighted by Gasteiger charge is 2.02. The molecular formula is C17H15N3O. The van der Waals surface area contributed by atoms with Crippen LogP contribution in [-0.2, 0) is 0 Å². The molecule has 1 aromatic heterocycles. The molecule has 4 heteroatoms. The van der Waals surface area contributed by atoms with E-state index in [4.69, 9.17) is 10.5 Å². The van der Waals surface area contributed by atoms with E-state index in [1.54, 1.807) is 6.20 Å². The lowest BCUT2D eigenvalue weighted by atomic mass is 10.2. The van der Waals surface area contributed by atoms with Crippen LogP contribution in [0.25, 0.3) is 0 Å². The van der Waals surface area contributed by atoms with Crippen LogP contribution in [0.15, 0.2) is 72.9 Å². The molecule has 0 saturated heterocycles. The van der Waals surface area contributed by atoms with Crippen LogP contribution >= 0.6 is 0 Å². The topological polar surface area (TPSA) is 60.2 Å². The molecule has 0 aliphatic carbocycles. The van der Waals surface area contributed by atoms with Gasteiger partial charge in [0.15, 0.2) is 0 Å². The number of nitrogens with two attached hydrogens (primary N) is 1. The third-order valence-electron chi connectivity index (χ3n) is 2.93. The molecule has 0 spiro atoms. The molecule has 4 nitrogen and oxygen atoms in total. The van der Waals surface area contributed by atoms with Crippen LogP contribution in [0.1, 0.15) is 0 Å². The number of nitrogens with one attached hydrogen (secondary N) is 1. The standard InChI is InChI=1S/C17H15N3O/c18-17-16(10-5-11-19-17)20-13-6-4-9-15(12-13)21-14-7-2-1-3-8-14/h1-12,20H,(H2,18,19). The number of nitrogens with zero attached hydrogens (tertiary/aromatic N) is 1. The largest absolute Gasteiger partial charge is 0.457 e. The molecule has 0 fully saturated rings. The first-order valence-corrected chi connectivity index (χ1v) is 6.62. The Kier molecular flexibility index (Phi) is 3.69. The third-order valence-corrected chi connectivity index (χ3v) is 2.93. The van der Waals surface area contributed by atoms with E-state index >= 15 is 0 Å². The third kappa shape index (κ3) is 3.30. The number of para-hydroxylation sites is 1. The zero-order valence-corrected chi connectivity index (χ0v) is 11.4. The monoisotopic (exact) mass is 277 g/mol. The zero-order chi connectivity index (χ0) is 14.5. The summed E-state index contributed by atoms with van der Waals surface area (Å²) in [5.41, 5.74) is 7.49. The summed E-state index contributed by atoms with van der Waals surface area (Å²) in [6.07, 6.45) is 1.66. The Morgan fingerprint density at radius 3 is 2.48 bits per heavy atom. The lowest BCUT2D eigenvalue weighted by Crippen LogP contribution is -1.98. The first-order valence-electron chi connectivity index (χ1n) is 6.62. The minimum atomic E-state index is 0.465. The summed E-state index contributed by atoms with van der Waals surface area (Å²) >= 11 is 0. The molecule has 0 unspecified atom stereocenters. The predicted molar refractivity (Wildman–Crippen MR) is 84.9 cm³/mol. The number of ether oxygens (including phenoxy) is 1. The van der Waals surface area contributed by atoms with E-state index in [0.29, 0.717) is 5.82 Å². The van der Waals surface area contributed by atoms with Crippen LogP contribution in [0, 0.1) is 0 Å². The smallest absolute Gasteiger partial charge is 0.147 e. The summed E-state index contributed by atoms with van der Waals surface area (Å²) < 4.78 is 5.80. The quantitative estimate of drug-likeness (QED) is 0.750. The Hall–Kier alpha value is -3.01. The normalized spacial score (nSPS) is 10.1. The zero-order valence-electron chi connectivity index (χ0n) is 11.4. The summed E-state index contributed by atoms with van der Waals surface area (Å²) in [7, 11) is 0. The minimum Gasteiger partial charge on any atom is -0.457 e. The summed E-state index contributed by atoms with van der Waals surface area (Å²) in [5.74, 6) is 2.02. The van der Waals surface area contributed by atoms with E-state index in [9.17, 15) is 0 Å². The summed E-state index contributed by atoms with van der Waals surface area (Å²) in [6, 6.07) is 21.1. The Labute approximate surface area is 123 Å². The number of benzene rings is 2. The number of pyridine rings is 1. The maximum atomic E-state index is 5.83. The van der Waals surface area contributed by atoms with Crippen molar-refractivity contribution in [2.45, 2.75) is 0 Å². The fraction of sp³-hybridized carbons (Fsp3) is 0. The molecule has 0 amide bonds. The molecule has 0 saturated carbocycles. The Bertz CT molecular complexity index is 729. The van der Waals surface area contributed by atoms with Crippen molar-refractivity contribution in [2.24, 2.45) is 0 Å². The van der Waals surface area contributed by atoms with Crippen LogP contribution in [-0.4, -0.2) is 4.98 Å². The van der Waals surface area contributed by atoms with E-state index in [-0.39, 0.29) is 0 Å². The molecule has 2 aromatic carbocycles. The number of anilines is 3. The molecule has 0 aliphatic heterocycles. The molecule has 3 rings (SSSR count). The predicted octanol–water partition coefficient (Wildman–Crippen LogP) is 4.20. The number of hydrogen-bond donors (Lipinski definition) is 2. The van der Waals surface area contributed by atoms with Crippen molar-refractivity contribution in [2.75, 3.05) is 11.1 Å². The van der Waals surface area contributed by atoms with Crippen LogP contribution in [0.3, 0.4) is 0 Å². The highest BCUT2D eigenvalue weighted by atomic mass is 16.5. The Morgan fingerprint density at radius 2 is 1.67 bits per heavy atom. The van der Waals surface area contributed by atoms with Gasteiger partial charge in [0.1, 0.15) is 17.3 Å². The molecule has 0 aliphatic rings. The van der Waals surface area contributed by atoms with Gasteiger partial charge in [-0.15, -0.1) is 0 Å². The van der Waals surface area contributed by atoms with Gasteiger partial charge in [0.05, 0.1) is 5.69 Å². The van der Waals surface area contributed by atoms with Gasteiger partial charge in [-0.25, -0.2) is 4.98 Å². The summed E-state index contributed by atoms with van der Waals surface area (Å²) in [5, 5.41) is 3.23. The Morgan fingerprint density at radius 1 is 0.857 bits per heavy atom. The molecule has 0 bridgehead atoms. The maximum Gasteiger partial charge on any atom is 0.147 e. The lowest BCUT2D eigenvalue weighted by Gasteiger charge is -2.10. The van der Waals surface area contributed by atoms with E-state index in [2.05, 4.69) is 10.3 Å². The molecular weight excluding hydrogens is 262 g/mol. The van der Waals surface area contributed by atoms with Crippen molar-refractivity contribution in [3.05, 3.63) is 72.9 Å². The second-order valence-electron chi connectivity index (χ2n) is 4.50. The van der Waals surface area contributed by atoms with Gasteiger partial charge in [0, 0.05) is 18.0 Å². The molecule has 104 valence electrons. The summed E-state index contributed by atoms with van der Waals surface area (Å²) in [4.78, 5) is 4.05. The fourth-order valence-electron chi connectivity index (χ4n) is 1.94. The number of aromatic nitrogens is 1. The summed E-state index contributed by atoms with van der Waals surface area (Å²) in [6.45, 7) is 0. The average Bonchev–Trinajstić information content (AvgIpc) is 2.51. The van der Waals surface area contributed by atoms with Gasteiger partial charge >= 0.3 is 0 Å². The maximum absolute atomic E-state index is 5.83. The lowest BCUT2D eigenvalue weighted by molar-refractivity contribution is 0.483. The molecule has 1 heterocycles. The number of rotatable bonds is 4. The van der Waals surface area contributed by atoms with Gasteiger partial charge in [0.25, 0.3) is 0 Å². The van der Waals surface area contributed by atoms with Crippen molar-refractivity contribution in [1.82, 2.24) is 4.98 Å². The van der Waals surface area contributed by atoms with Crippen molar-refractivity contribution in [1.29, 1.82) is 0 Å². The highest BCUT2D eigenvalue weighted by Crippen LogP contribution is 2.26. The second kappa shape index (κ2) is 5.96. The SMILES string of the molecule is Nc1ncccc1Nc1cccc(Oc2ccccc2)c1. The van der Waals surface area contributed by atoms with Gasteiger partial charge < -0.3 is 15.8 Å². The van der Waals surface area contributed by atoms with Crippen molar-refractivity contribution in [3.8, 4) is 11.5 Å². The van der Waals surface area contributed by atoms with Crippen LogP contribution in [0.2, 0.25) is 0 Å². The Balaban J connectivity index is 1.79. The van der Waals surface area contributed by atoms with Crippen molar-refractivity contribution < 1.29 is 4.74 Å². The van der Waals surface area contributed by atoms with Gasteiger partial charge in [-0.05, 0) is 36.4 Å². The molecule has 21 heavy (non-hydrogen) atoms. The molecule has 0 atom stereocenters. The molecule has 3 N–H and O–H groups in total. The molecule has 3 aromatic rings. The fourth-order valence-corrected chi connectivity index (χ4v) is 1.94. The van der Waals surface area contributed by atoms with Crippen LogP contribution in [0.4, 0.5) is 17.2 Å². The van der Waals surface area contributed by atoms with Gasteiger partial charge in [0.2, 0.25) is 0 Å². The van der Waals surface area contributed by atoms with E-state index in [1.807, 2.05) is 66.7 Å². The van der Waals surface area contributed by atoms with Crippen molar-refractivity contribution in [3.63, 3.8) is 0 Å². The van der Waals surface area contributed by atoms with Crippen LogP contribution in [0.5, 0.6) is 11.5 Å². The van der Waals surface area contributed by atoms with E-state index in [1.165, 1.54) is 0 Å². The second-order valence-corrected chi connectivity index (χ2v) is 4.50. The molecule has 0 radical (unpaired) electrons. The first-order chi connectivity index (χ1) is 10.3. The number of hydrogen-bond acceptors (Lipinski definition) is 4. The number of nitrogen functional groups attached to an aromatic ring is 1. The van der Waals surface area contributed by atoms with Crippen LogP contribution < -0.4 is 15.8 Å². The minimum absolute atomic E-state index is 0.465.